The normalized spacial score (nSPS) is 16.2. The van der Waals surface area contributed by atoms with Crippen LogP contribution in [0, 0.1) is 10.1 Å². The summed E-state index contributed by atoms with van der Waals surface area (Å²) in [6.45, 7) is -2.96. The number of alkyl halides is 2. The van der Waals surface area contributed by atoms with Gasteiger partial charge in [-0.1, -0.05) is 9.78 Å². The molecule has 76 valence electrons. The Hall–Kier alpha value is -1.53. The molecule has 0 bridgehead atoms. The number of halogens is 2. The van der Waals surface area contributed by atoms with Crippen LogP contribution < -0.4 is 0 Å². The summed E-state index contributed by atoms with van der Waals surface area (Å²) in [5.41, 5.74) is 0.400. The summed E-state index contributed by atoms with van der Waals surface area (Å²) in [4.78, 5) is 9.55. The third-order valence-electron chi connectivity index (χ3n) is 2.10. The second-order valence-corrected chi connectivity index (χ2v) is 3.18. The minimum Gasteiger partial charge on any atom is -0.358 e. The monoisotopic (exact) mass is 203 g/mol. The van der Waals surface area contributed by atoms with E-state index in [0.717, 1.165) is 18.9 Å². The van der Waals surface area contributed by atoms with E-state index < -0.39 is 17.3 Å². The van der Waals surface area contributed by atoms with Crippen LogP contribution in [0.15, 0.2) is 6.07 Å². The predicted octanol–water partition coefficient (Wildman–Crippen LogP) is 2.06. The standard InChI is InChI=1S/C7H7F2N3O2/c8-7(9)11-6(12(13)14)3-5(10-11)4-1-2-4/h3-4,7H,1-2H2. The summed E-state index contributed by atoms with van der Waals surface area (Å²) in [5.74, 6) is -0.504. The Kier molecular flexibility index (Phi) is 1.94. The van der Waals surface area contributed by atoms with Crippen molar-refractivity contribution in [2.24, 2.45) is 0 Å². The molecule has 7 heteroatoms. The van der Waals surface area contributed by atoms with Crippen molar-refractivity contribution in [2.75, 3.05) is 0 Å². The van der Waals surface area contributed by atoms with E-state index in [-0.39, 0.29) is 10.6 Å². The summed E-state index contributed by atoms with van der Waals surface area (Å²) < 4.78 is 24.7. The lowest BCUT2D eigenvalue weighted by atomic mass is 10.3. The molecule has 1 saturated carbocycles. The molecule has 0 unspecified atom stereocenters. The fourth-order valence-corrected chi connectivity index (χ4v) is 1.26. The maximum atomic E-state index is 12.3. The average Bonchev–Trinajstić information content (AvgIpc) is 2.83. The lowest BCUT2D eigenvalue weighted by Crippen LogP contribution is -2.05. The largest absolute Gasteiger partial charge is 0.406 e. The molecule has 0 atom stereocenters. The van der Waals surface area contributed by atoms with Crippen LogP contribution in [0.4, 0.5) is 14.6 Å². The molecule has 1 aliphatic rings. The summed E-state index contributed by atoms with van der Waals surface area (Å²) in [5, 5.41) is 13.9. The third kappa shape index (κ3) is 1.45. The van der Waals surface area contributed by atoms with Crippen LogP contribution in [0.25, 0.3) is 0 Å². The van der Waals surface area contributed by atoms with Gasteiger partial charge in [-0.2, -0.15) is 8.78 Å². The average molecular weight is 203 g/mol. The van der Waals surface area contributed by atoms with E-state index in [1.165, 1.54) is 0 Å². The molecule has 14 heavy (non-hydrogen) atoms. The van der Waals surface area contributed by atoms with Gasteiger partial charge >= 0.3 is 12.4 Å². The van der Waals surface area contributed by atoms with Gasteiger partial charge in [-0.15, -0.1) is 0 Å². The van der Waals surface area contributed by atoms with Crippen LogP contribution in [-0.4, -0.2) is 14.7 Å². The molecule has 0 aliphatic heterocycles. The number of rotatable bonds is 3. The smallest absolute Gasteiger partial charge is 0.358 e. The van der Waals surface area contributed by atoms with E-state index >= 15 is 0 Å². The lowest BCUT2D eigenvalue weighted by Gasteiger charge is -1.95. The van der Waals surface area contributed by atoms with Crippen molar-refractivity contribution in [1.82, 2.24) is 9.78 Å². The quantitative estimate of drug-likeness (QED) is 0.558. The highest BCUT2D eigenvalue weighted by molar-refractivity contribution is 5.27. The summed E-state index contributed by atoms with van der Waals surface area (Å²) >= 11 is 0. The van der Waals surface area contributed by atoms with Crippen molar-refractivity contribution >= 4 is 5.82 Å². The van der Waals surface area contributed by atoms with Gasteiger partial charge in [0.1, 0.15) is 0 Å². The van der Waals surface area contributed by atoms with E-state index in [4.69, 9.17) is 0 Å². The van der Waals surface area contributed by atoms with E-state index in [9.17, 15) is 18.9 Å². The molecule has 0 N–H and O–H groups in total. The minimum absolute atomic E-state index is 0.133. The maximum Gasteiger partial charge on any atom is 0.406 e. The third-order valence-corrected chi connectivity index (χ3v) is 2.10. The number of nitro groups is 1. The van der Waals surface area contributed by atoms with Crippen molar-refractivity contribution in [3.05, 3.63) is 21.9 Å². The molecule has 1 aliphatic carbocycles. The van der Waals surface area contributed by atoms with Gasteiger partial charge in [-0.25, -0.2) is 0 Å². The van der Waals surface area contributed by atoms with Crippen LogP contribution in [0.1, 0.15) is 31.0 Å². The van der Waals surface area contributed by atoms with Crippen molar-refractivity contribution < 1.29 is 13.7 Å². The van der Waals surface area contributed by atoms with Gasteiger partial charge in [0.2, 0.25) is 0 Å². The fraction of sp³-hybridized carbons (Fsp3) is 0.571. The van der Waals surface area contributed by atoms with Gasteiger partial charge in [-0.3, -0.25) is 0 Å². The second kappa shape index (κ2) is 3.00. The Balaban J connectivity index is 2.39. The van der Waals surface area contributed by atoms with E-state index in [1.54, 1.807) is 0 Å². The molecule has 0 spiro atoms. The highest BCUT2D eigenvalue weighted by Gasteiger charge is 2.33. The van der Waals surface area contributed by atoms with Gasteiger partial charge in [0, 0.05) is 5.92 Å². The van der Waals surface area contributed by atoms with Gasteiger partial charge < -0.3 is 10.1 Å². The molecule has 0 amide bonds. The van der Waals surface area contributed by atoms with E-state index in [1.807, 2.05) is 0 Å². The van der Waals surface area contributed by atoms with E-state index in [2.05, 4.69) is 5.10 Å². The molecule has 0 aromatic carbocycles. The molecule has 0 saturated heterocycles. The first-order chi connectivity index (χ1) is 6.59. The summed E-state index contributed by atoms with van der Waals surface area (Å²) in [6, 6.07) is 1.13. The maximum absolute atomic E-state index is 12.3. The fourth-order valence-electron chi connectivity index (χ4n) is 1.26. The van der Waals surface area contributed by atoms with Crippen molar-refractivity contribution in [2.45, 2.75) is 25.3 Å². The Labute approximate surface area is 77.5 Å². The second-order valence-electron chi connectivity index (χ2n) is 3.18. The van der Waals surface area contributed by atoms with Crippen molar-refractivity contribution in [1.29, 1.82) is 0 Å². The van der Waals surface area contributed by atoms with Gasteiger partial charge in [0.05, 0.1) is 11.8 Å². The van der Waals surface area contributed by atoms with Crippen LogP contribution in [-0.2, 0) is 0 Å². The first kappa shape index (κ1) is 9.04. The first-order valence-electron chi connectivity index (χ1n) is 4.11. The SMILES string of the molecule is O=[N+]([O-])c1cc(C2CC2)nn1C(F)F. The van der Waals surface area contributed by atoms with Crippen LogP contribution >= 0.6 is 0 Å². The van der Waals surface area contributed by atoms with Gasteiger partial charge in [-0.05, 0) is 17.8 Å². The minimum atomic E-state index is -2.96. The molecular weight excluding hydrogens is 196 g/mol. The number of hydrogen-bond donors (Lipinski definition) is 0. The summed E-state index contributed by atoms with van der Waals surface area (Å²) in [6.07, 6.45) is 1.74. The molecule has 1 fully saturated rings. The van der Waals surface area contributed by atoms with Crippen LogP contribution in [0.3, 0.4) is 0 Å². The lowest BCUT2D eigenvalue weighted by molar-refractivity contribution is -0.394. The molecule has 1 heterocycles. The predicted molar refractivity (Wildman–Crippen MR) is 42.1 cm³/mol. The first-order valence-corrected chi connectivity index (χ1v) is 4.11. The van der Waals surface area contributed by atoms with Crippen molar-refractivity contribution in [3.63, 3.8) is 0 Å². The zero-order valence-corrected chi connectivity index (χ0v) is 7.06. The van der Waals surface area contributed by atoms with Crippen LogP contribution in [0.2, 0.25) is 0 Å². The Morgan fingerprint density at radius 2 is 2.29 bits per heavy atom. The number of nitrogens with zero attached hydrogens (tertiary/aromatic N) is 3. The zero-order chi connectivity index (χ0) is 10.3. The number of hydrogen-bond acceptors (Lipinski definition) is 3. The zero-order valence-electron chi connectivity index (χ0n) is 7.06. The highest BCUT2D eigenvalue weighted by Crippen LogP contribution is 2.40. The van der Waals surface area contributed by atoms with Crippen molar-refractivity contribution in [3.8, 4) is 0 Å². The molecular formula is C7H7F2N3O2. The van der Waals surface area contributed by atoms with Gasteiger partial charge in [0.15, 0.2) is 0 Å². The Bertz CT molecular complexity index is 373. The highest BCUT2D eigenvalue weighted by atomic mass is 19.3. The number of aromatic nitrogens is 2. The topological polar surface area (TPSA) is 61.0 Å². The molecule has 1 aromatic heterocycles. The summed E-state index contributed by atoms with van der Waals surface area (Å²) in [7, 11) is 0. The van der Waals surface area contributed by atoms with Gasteiger partial charge in [0.25, 0.3) is 0 Å². The molecule has 5 nitrogen and oxygen atoms in total. The van der Waals surface area contributed by atoms with E-state index in [0.29, 0.717) is 5.69 Å². The molecule has 1 aromatic rings. The van der Waals surface area contributed by atoms with Crippen LogP contribution in [0.5, 0.6) is 0 Å². The Morgan fingerprint density at radius 3 is 2.64 bits per heavy atom. The Morgan fingerprint density at radius 1 is 1.64 bits per heavy atom. The molecule has 2 rings (SSSR count). The molecule has 0 radical (unpaired) electrons.